The lowest BCUT2D eigenvalue weighted by atomic mass is 10.1. The van der Waals surface area contributed by atoms with Gasteiger partial charge in [0, 0.05) is 18.2 Å². The number of aromatic nitrogens is 1. The van der Waals surface area contributed by atoms with Crippen LogP contribution in [0.2, 0.25) is 0 Å². The Morgan fingerprint density at radius 1 is 1.29 bits per heavy atom. The number of Topliss-reactive ketones (excluding diaryl/α,β-unsaturated/α-hetero) is 1. The van der Waals surface area contributed by atoms with Crippen molar-refractivity contribution < 1.29 is 9.18 Å². The molecule has 0 saturated carbocycles. The van der Waals surface area contributed by atoms with Crippen molar-refractivity contribution in [1.29, 1.82) is 0 Å². The van der Waals surface area contributed by atoms with Gasteiger partial charge in [-0.1, -0.05) is 12.1 Å². The Balaban J connectivity index is 1.95. The molecule has 0 aliphatic carbocycles. The minimum atomic E-state index is -0.281. The lowest BCUT2D eigenvalue weighted by molar-refractivity contribution is -0.117. The first-order chi connectivity index (χ1) is 8.13. The Morgan fingerprint density at radius 3 is 2.59 bits per heavy atom. The third kappa shape index (κ3) is 3.46. The molecule has 1 heterocycles. The van der Waals surface area contributed by atoms with E-state index in [1.54, 1.807) is 23.5 Å². The van der Waals surface area contributed by atoms with Crippen molar-refractivity contribution in [2.45, 2.75) is 19.8 Å². The van der Waals surface area contributed by atoms with E-state index < -0.39 is 0 Å². The Hall–Kier alpha value is -1.55. The fourth-order valence-electron chi connectivity index (χ4n) is 1.58. The van der Waals surface area contributed by atoms with Crippen molar-refractivity contribution in [3.8, 4) is 0 Å². The summed E-state index contributed by atoms with van der Waals surface area (Å²) in [7, 11) is 0. The molecule has 4 heteroatoms. The molecule has 0 N–H and O–H groups in total. The molecule has 0 saturated heterocycles. The van der Waals surface area contributed by atoms with E-state index in [1.165, 1.54) is 12.1 Å². The van der Waals surface area contributed by atoms with Crippen LogP contribution in [0.3, 0.4) is 0 Å². The molecule has 2 rings (SSSR count). The molecule has 0 radical (unpaired) electrons. The van der Waals surface area contributed by atoms with Gasteiger partial charge in [0.1, 0.15) is 11.6 Å². The highest BCUT2D eigenvalue weighted by atomic mass is 32.1. The van der Waals surface area contributed by atoms with Crippen molar-refractivity contribution in [2.75, 3.05) is 0 Å². The van der Waals surface area contributed by atoms with Gasteiger partial charge in [0.2, 0.25) is 0 Å². The van der Waals surface area contributed by atoms with Crippen molar-refractivity contribution in [2.24, 2.45) is 0 Å². The normalized spacial score (nSPS) is 10.5. The minimum absolute atomic E-state index is 0.0990. The molecule has 0 bridgehead atoms. The summed E-state index contributed by atoms with van der Waals surface area (Å²) in [5.41, 5.74) is 1.66. The van der Waals surface area contributed by atoms with Crippen LogP contribution in [0, 0.1) is 12.7 Å². The van der Waals surface area contributed by atoms with E-state index in [9.17, 15) is 9.18 Å². The summed E-state index contributed by atoms with van der Waals surface area (Å²) in [5, 5.41) is 2.87. The summed E-state index contributed by atoms with van der Waals surface area (Å²) in [6.45, 7) is 1.92. The maximum atomic E-state index is 12.7. The van der Waals surface area contributed by atoms with E-state index in [2.05, 4.69) is 4.98 Å². The lowest BCUT2D eigenvalue weighted by Crippen LogP contribution is -2.06. The predicted molar refractivity (Wildman–Crippen MR) is 65.7 cm³/mol. The average Bonchev–Trinajstić information content (AvgIpc) is 2.67. The first-order valence-electron chi connectivity index (χ1n) is 5.30. The Labute approximate surface area is 103 Å². The third-order valence-corrected chi connectivity index (χ3v) is 3.18. The monoisotopic (exact) mass is 249 g/mol. The standard InChI is InChI=1S/C13H12FNOS/c1-9-15-12(8-17-9)7-13(16)6-10-2-4-11(14)5-3-10/h2-5,8H,6-7H2,1H3. The summed E-state index contributed by atoms with van der Waals surface area (Å²) in [4.78, 5) is 16.0. The van der Waals surface area contributed by atoms with Crippen LogP contribution in [-0.4, -0.2) is 10.8 Å². The maximum absolute atomic E-state index is 12.7. The number of benzene rings is 1. The van der Waals surface area contributed by atoms with E-state index in [4.69, 9.17) is 0 Å². The van der Waals surface area contributed by atoms with Gasteiger partial charge in [0.25, 0.3) is 0 Å². The molecule has 0 aliphatic rings. The fourth-order valence-corrected chi connectivity index (χ4v) is 2.20. The topological polar surface area (TPSA) is 30.0 Å². The second kappa shape index (κ2) is 5.19. The minimum Gasteiger partial charge on any atom is -0.299 e. The average molecular weight is 249 g/mol. The van der Waals surface area contributed by atoms with Gasteiger partial charge in [-0.25, -0.2) is 9.37 Å². The fraction of sp³-hybridized carbons (Fsp3) is 0.231. The number of carbonyl (C=O) groups is 1. The van der Waals surface area contributed by atoms with Gasteiger partial charge in [-0.2, -0.15) is 0 Å². The van der Waals surface area contributed by atoms with Crippen LogP contribution in [0.5, 0.6) is 0 Å². The van der Waals surface area contributed by atoms with Crippen LogP contribution < -0.4 is 0 Å². The number of rotatable bonds is 4. The molecular formula is C13H12FNOS. The van der Waals surface area contributed by atoms with Crippen LogP contribution in [0.1, 0.15) is 16.3 Å². The third-order valence-electron chi connectivity index (χ3n) is 2.36. The van der Waals surface area contributed by atoms with Crippen LogP contribution >= 0.6 is 11.3 Å². The van der Waals surface area contributed by atoms with Crippen molar-refractivity contribution in [1.82, 2.24) is 4.98 Å². The van der Waals surface area contributed by atoms with Crippen LogP contribution in [0.25, 0.3) is 0 Å². The Kier molecular flexibility index (Phi) is 3.64. The summed E-state index contributed by atoms with van der Waals surface area (Å²) < 4.78 is 12.7. The van der Waals surface area contributed by atoms with Crippen molar-refractivity contribution >= 4 is 17.1 Å². The zero-order chi connectivity index (χ0) is 12.3. The van der Waals surface area contributed by atoms with Gasteiger partial charge in [0.05, 0.1) is 10.7 Å². The summed E-state index contributed by atoms with van der Waals surface area (Å²) >= 11 is 1.54. The zero-order valence-corrected chi connectivity index (χ0v) is 10.3. The molecule has 1 aromatic heterocycles. The number of aryl methyl sites for hydroxylation is 1. The molecule has 0 spiro atoms. The van der Waals surface area contributed by atoms with Gasteiger partial charge in [0.15, 0.2) is 0 Å². The second-order valence-corrected chi connectivity index (χ2v) is 4.94. The van der Waals surface area contributed by atoms with Crippen LogP contribution in [0.15, 0.2) is 29.6 Å². The van der Waals surface area contributed by atoms with Crippen LogP contribution in [0.4, 0.5) is 4.39 Å². The van der Waals surface area contributed by atoms with Gasteiger partial charge in [-0.15, -0.1) is 11.3 Å². The van der Waals surface area contributed by atoms with E-state index in [0.717, 1.165) is 16.3 Å². The van der Waals surface area contributed by atoms with E-state index in [1.807, 2.05) is 12.3 Å². The SMILES string of the molecule is Cc1nc(CC(=O)Cc2ccc(F)cc2)cs1. The molecule has 0 unspecified atom stereocenters. The van der Waals surface area contributed by atoms with Gasteiger partial charge in [-0.05, 0) is 24.6 Å². The Bertz CT molecular complexity index is 518. The molecule has 0 amide bonds. The van der Waals surface area contributed by atoms with Gasteiger partial charge in [-0.3, -0.25) is 4.79 Å². The molecule has 0 atom stereocenters. The molecule has 2 aromatic rings. The predicted octanol–water partition coefficient (Wildman–Crippen LogP) is 2.94. The molecule has 2 nitrogen and oxygen atoms in total. The number of nitrogens with zero attached hydrogens (tertiary/aromatic N) is 1. The molecular weight excluding hydrogens is 237 g/mol. The summed E-state index contributed by atoms with van der Waals surface area (Å²) in [6.07, 6.45) is 0.679. The number of ketones is 1. The Morgan fingerprint density at radius 2 is 2.00 bits per heavy atom. The molecule has 88 valence electrons. The molecule has 17 heavy (non-hydrogen) atoms. The highest BCUT2D eigenvalue weighted by Gasteiger charge is 2.07. The van der Waals surface area contributed by atoms with Crippen molar-refractivity contribution in [3.05, 3.63) is 51.7 Å². The number of hydrogen-bond acceptors (Lipinski definition) is 3. The lowest BCUT2D eigenvalue weighted by Gasteiger charge is -1.99. The molecule has 1 aromatic carbocycles. The van der Waals surface area contributed by atoms with E-state index in [0.29, 0.717) is 12.8 Å². The van der Waals surface area contributed by atoms with Gasteiger partial charge >= 0.3 is 0 Å². The smallest absolute Gasteiger partial charge is 0.143 e. The number of thiazole rings is 1. The van der Waals surface area contributed by atoms with Gasteiger partial charge < -0.3 is 0 Å². The van der Waals surface area contributed by atoms with E-state index in [-0.39, 0.29) is 11.6 Å². The first-order valence-corrected chi connectivity index (χ1v) is 6.18. The first kappa shape index (κ1) is 11.9. The number of halogens is 1. The number of carbonyl (C=O) groups excluding carboxylic acids is 1. The quantitative estimate of drug-likeness (QED) is 0.834. The largest absolute Gasteiger partial charge is 0.299 e. The summed E-state index contributed by atoms with van der Waals surface area (Å²) in [5.74, 6) is -0.182. The molecule has 0 fully saturated rings. The van der Waals surface area contributed by atoms with E-state index >= 15 is 0 Å². The zero-order valence-electron chi connectivity index (χ0n) is 9.44. The summed E-state index contributed by atoms with van der Waals surface area (Å²) in [6, 6.07) is 6.02. The highest BCUT2D eigenvalue weighted by Crippen LogP contribution is 2.10. The van der Waals surface area contributed by atoms with Crippen LogP contribution in [-0.2, 0) is 17.6 Å². The maximum Gasteiger partial charge on any atom is 0.143 e. The number of hydrogen-bond donors (Lipinski definition) is 0. The second-order valence-electron chi connectivity index (χ2n) is 3.88. The molecule has 0 aliphatic heterocycles. The highest BCUT2D eigenvalue weighted by molar-refractivity contribution is 7.09. The van der Waals surface area contributed by atoms with Crippen molar-refractivity contribution in [3.63, 3.8) is 0 Å².